The predicted molar refractivity (Wildman–Crippen MR) is 30.5 cm³/mol. The van der Waals surface area contributed by atoms with Crippen LogP contribution in [0.4, 0.5) is 0 Å². The van der Waals surface area contributed by atoms with Crippen molar-refractivity contribution in [3.8, 4) is 0 Å². The van der Waals surface area contributed by atoms with Crippen LogP contribution in [-0.4, -0.2) is 3.79 Å². The SMILES string of the molecule is C=CC(Cl)(Cl)Cl. The maximum atomic E-state index is 5.13. The maximum absolute atomic E-state index is 5.13. The summed E-state index contributed by atoms with van der Waals surface area (Å²) in [6, 6.07) is 0. The van der Waals surface area contributed by atoms with Crippen molar-refractivity contribution in [1.82, 2.24) is 0 Å². The molecule has 0 bridgehead atoms. The van der Waals surface area contributed by atoms with E-state index in [-0.39, 0.29) is 0 Å². The molecule has 0 rings (SSSR count). The monoisotopic (exact) mass is 144 g/mol. The van der Waals surface area contributed by atoms with Crippen LogP contribution in [0.15, 0.2) is 12.7 Å². The maximum Gasteiger partial charge on any atom is 0.208 e. The summed E-state index contributed by atoms with van der Waals surface area (Å²) in [4.78, 5) is 0. The fourth-order valence-corrected chi connectivity index (χ4v) is 0. The van der Waals surface area contributed by atoms with Crippen molar-refractivity contribution in [1.29, 1.82) is 0 Å². The van der Waals surface area contributed by atoms with Gasteiger partial charge in [-0.25, -0.2) is 0 Å². The van der Waals surface area contributed by atoms with Crippen LogP contribution in [0.2, 0.25) is 0 Å². The highest BCUT2D eigenvalue weighted by molar-refractivity contribution is 6.68. The Morgan fingerprint density at radius 1 is 1.33 bits per heavy atom. The topological polar surface area (TPSA) is 0 Å². The first-order valence-electron chi connectivity index (χ1n) is 1.26. The molecule has 0 saturated heterocycles. The lowest BCUT2D eigenvalue weighted by atomic mass is 10.7. The largest absolute Gasteiger partial charge is 0.208 e. The minimum atomic E-state index is -1.28. The van der Waals surface area contributed by atoms with Crippen LogP contribution < -0.4 is 0 Å². The van der Waals surface area contributed by atoms with Crippen LogP contribution >= 0.6 is 34.8 Å². The minimum Gasteiger partial charge on any atom is -0.0989 e. The molecule has 0 aliphatic rings. The van der Waals surface area contributed by atoms with Crippen LogP contribution in [0.5, 0.6) is 0 Å². The highest BCUT2D eigenvalue weighted by Gasteiger charge is 2.11. The molecule has 0 aromatic rings. The lowest BCUT2D eigenvalue weighted by molar-refractivity contribution is 1.48. The van der Waals surface area contributed by atoms with Crippen molar-refractivity contribution in [3.63, 3.8) is 0 Å². The van der Waals surface area contributed by atoms with Crippen molar-refractivity contribution in [2.75, 3.05) is 0 Å². The molecule has 3 heteroatoms. The molecule has 6 heavy (non-hydrogen) atoms. The van der Waals surface area contributed by atoms with Crippen molar-refractivity contribution < 1.29 is 0 Å². The van der Waals surface area contributed by atoms with E-state index in [2.05, 4.69) is 6.58 Å². The highest BCUT2D eigenvalue weighted by Crippen LogP contribution is 2.25. The summed E-state index contributed by atoms with van der Waals surface area (Å²) in [6.45, 7) is 3.24. The third kappa shape index (κ3) is 4.61. The average molecular weight is 145 g/mol. The third-order valence-electron chi connectivity index (χ3n) is 0.231. The van der Waals surface area contributed by atoms with E-state index < -0.39 is 3.79 Å². The van der Waals surface area contributed by atoms with Crippen molar-refractivity contribution >= 4 is 34.8 Å². The molecular weight excluding hydrogens is 142 g/mol. The average Bonchev–Trinajstić information content (AvgIpc) is 1.35. The summed E-state index contributed by atoms with van der Waals surface area (Å²) < 4.78 is -1.28. The lowest BCUT2D eigenvalue weighted by Gasteiger charge is -1.97. The molecule has 0 fully saturated rings. The first kappa shape index (κ1) is 6.61. The zero-order chi connectivity index (χ0) is 5.21. The zero-order valence-corrected chi connectivity index (χ0v) is 5.19. The van der Waals surface area contributed by atoms with Gasteiger partial charge in [-0.15, -0.1) is 0 Å². The number of hydrogen-bond acceptors (Lipinski definition) is 0. The van der Waals surface area contributed by atoms with E-state index in [0.29, 0.717) is 0 Å². The number of alkyl halides is 3. The highest BCUT2D eigenvalue weighted by atomic mass is 35.6. The smallest absolute Gasteiger partial charge is 0.0989 e. The summed E-state index contributed by atoms with van der Waals surface area (Å²) >= 11 is 15.4. The van der Waals surface area contributed by atoms with Crippen LogP contribution in [-0.2, 0) is 0 Å². The molecule has 0 aromatic heterocycles. The Morgan fingerprint density at radius 2 is 1.50 bits per heavy atom. The van der Waals surface area contributed by atoms with Crippen molar-refractivity contribution in [2.45, 2.75) is 3.79 Å². The first-order valence-corrected chi connectivity index (χ1v) is 2.40. The van der Waals surface area contributed by atoms with Crippen molar-refractivity contribution in [3.05, 3.63) is 12.7 Å². The van der Waals surface area contributed by atoms with E-state index in [4.69, 9.17) is 34.8 Å². The second-order valence-electron chi connectivity index (χ2n) is 0.746. The van der Waals surface area contributed by atoms with E-state index in [1.165, 1.54) is 6.08 Å². The van der Waals surface area contributed by atoms with Gasteiger partial charge in [0.15, 0.2) is 0 Å². The molecule has 0 radical (unpaired) electrons. The Labute approximate surface area is 51.7 Å². The second kappa shape index (κ2) is 2.06. The van der Waals surface area contributed by atoms with Gasteiger partial charge in [0.1, 0.15) is 0 Å². The van der Waals surface area contributed by atoms with Crippen molar-refractivity contribution in [2.24, 2.45) is 0 Å². The quantitative estimate of drug-likeness (QED) is 0.363. The van der Waals surface area contributed by atoms with E-state index in [1.54, 1.807) is 0 Å². The first-order chi connectivity index (χ1) is 2.56. The standard InChI is InChI=1S/C3H3Cl3/c1-2-3(4,5)6/h2H,1H2. The molecule has 0 saturated carbocycles. The fourth-order valence-electron chi connectivity index (χ4n) is 0. The van der Waals surface area contributed by atoms with Gasteiger partial charge in [-0.05, 0) is 6.08 Å². The number of allylic oxidation sites excluding steroid dienone is 1. The Kier molecular flexibility index (Phi) is 2.27. The number of rotatable bonds is 0. The predicted octanol–water partition coefficient (Wildman–Crippen LogP) is 2.54. The molecular formula is C3H3Cl3. The summed E-state index contributed by atoms with van der Waals surface area (Å²) in [7, 11) is 0. The van der Waals surface area contributed by atoms with Gasteiger partial charge in [-0.2, -0.15) is 0 Å². The molecule has 0 spiro atoms. The van der Waals surface area contributed by atoms with E-state index in [0.717, 1.165) is 0 Å². The van der Waals surface area contributed by atoms with Crippen LogP contribution in [0.1, 0.15) is 0 Å². The summed E-state index contributed by atoms with van der Waals surface area (Å²) in [6.07, 6.45) is 1.23. The molecule has 0 aliphatic carbocycles. The van der Waals surface area contributed by atoms with E-state index in [1.807, 2.05) is 0 Å². The summed E-state index contributed by atoms with van der Waals surface area (Å²) in [5.41, 5.74) is 0. The summed E-state index contributed by atoms with van der Waals surface area (Å²) in [5, 5.41) is 0. The van der Waals surface area contributed by atoms with Gasteiger partial charge >= 0.3 is 0 Å². The lowest BCUT2D eigenvalue weighted by Crippen LogP contribution is -1.91. The minimum absolute atomic E-state index is 1.23. The van der Waals surface area contributed by atoms with E-state index >= 15 is 0 Å². The van der Waals surface area contributed by atoms with E-state index in [9.17, 15) is 0 Å². The Bertz CT molecular complexity index is 51.5. The van der Waals surface area contributed by atoms with Gasteiger partial charge in [-0.3, -0.25) is 0 Å². The summed E-state index contributed by atoms with van der Waals surface area (Å²) in [5.74, 6) is 0. The van der Waals surface area contributed by atoms with Crippen LogP contribution in [0.25, 0.3) is 0 Å². The van der Waals surface area contributed by atoms with Gasteiger partial charge in [0, 0.05) is 0 Å². The van der Waals surface area contributed by atoms with Gasteiger partial charge in [0.05, 0.1) is 0 Å². The Balaban J connectivity index is 3.45. The normalized spacial score (nSPS) is 11.2. The molecule has 0 unspecified atom stereocenters. The number of hydrogen-bond donors (Lipinski definition) is 0. The van der Waals surface area contributed by atoms with Crippen LogP contribution in [0, 0.1) is 0 Å². The molecule has 0 aromatic carbocycles. The molecule has 0 nitrogen and oxygen atoms in total. The Morgan fingerprint density at radius 3 is 1.50 bits per heavy atom. The molecule has 0 N–H and O–H groups in total. The Hall–Kier alpha value is 0.610. The van der Waals surface area contributed by atoms with Gasteiger partial charge in [0.25, 0.3) is 0 Å². The number of halogens is 3. The van der Waals surface area contributed by atoms with Gasteiger partial charge in [0.2, 0.25) is 3.79 Å². The second-order valence-corrected chi connectivity index (χ2v) is 3.11. The molecule has 0 heterocycles. The zero-order valence-electron chi connectivity index (χ0n) is 2.92. The van der Waals surface area contributed by atoms with Gasteiger partial charge in [-0.1, -0.05) is 41.4 Å². The molecule has 0 atom stereocenters. The van der Waals surface area contributed by atoms with Gasteiger partial charge < -0.3 is 0 Å². The van der Waals surface area contributed by atoms with Crippen LogP contribution in [0.3, 0.4) is 0 Å². The fraction of sp³-hybridized carbons (Fsp3) is 0.333. The molecule has 0 aliphatic heterocycles. The molecule has 36 valence electrons. The third-order valence-corrected chi connectivity index (χ3v) is 0.694. The molecule has 0 amide bonds.